The van der Waals surface area contributed by atoms with E-state index in [1.54, 1.807) is 22.5 Å². The van der Waals surface area contributed by atoms with Crippen LogP contribution < -0.4 is 0 Å². The number of halogens is 2. The van der Waals surface area contributed by atoms with Crippen molar-refractivity contribution in [2.24, 2.45) is 5.92 Å². The Kier molecular flexibility index (Phi) is 7.16. The van der Waals surface area contributed by atoms with Crippen molar-refractivity contribution in [3.8, 4) is 0 Å². The molecule has 188 valence electrons. The lowest BCUT2D eigenvalue weighted by atomic mass is 10.0. The number of hydrogen-bond acceptors (Lipinski definition) is 5. The number of benzene rings is 2. The van der Waals surface area contributed by atoms with E-state index >= 15 is 0 Å². The van der Waals surface area contributed by atoms with Gasteiger partial charge in [-0.3, -0.25) is 0 Å². The summed E-state index contributed by atoms with van der Waals surface area (Å²) in [5.41, 5.74) is 1.78. The molecule has 2 unspecified atom stereocenters. The maximum absolute atomic E-state index is 14.2. The third-order valence-corrected chi connectivity index (χ3v) is 9.61. The highest BCUT2D eigenvalue weighted by molar-refractivity contribution is 7.98. The highest BCUT2D eigenvalue weighted by Gasteiger charge is 2.29. The second-order valence-corrected chi connectivity index (χ2v) is 12.3. The van der Waals surface area contributed by atoms with Crippen LogP contribution in [0.1, 0.15) is 38.2 Å². The molecule has 3 aromatic rings. The molecule has 0 radical (unpaired) electrons. The quantitative estimate of drug-likeness (QED) is 0.400. The lowest BCUT2D eigenvalue weighted by molar-refractivity contribution is 0.0960. The van der Waals surface area contributed by atoms with Crippen LogP contribution >= 0.6 is 11.8 Å². The molecule has 0 bridgehead atoms. The molecule has 2 fully saturated rings. The molecule has 0 saturated carbocycles. The average Bonchev–Trinajstić information content (AvgIpc) is 3.46. The summed E-state index contributed by atoms with van der Waals surface area (Å²) in [6.07, 6.45) is 3.88. The molecule has 0 N–H and O–H groups in total. The number of rotatable bonds is 7. The topological polar surface area (TPSA) is 64.4 Å². The predicted molar refractivity (Wildman–Crippen MR) is 132 cm³/mol. The molecule has 2 aliphatic heterocycles. The first-order chi connectivity index (χ1) is 16.8. The Bertz CT molecular complexity index is 1320. The summed E-state index contributed by atoms with van der Waals surface area (Å²) in [6.45, 7) is 4.43. The zero-order chi connectivity index (χ0) is 24.6. The molecule has 3 heterocycles. The van der Waals surface area contributed by atoms with E-state index in [1.807, 2.05) is 4.57 Å². The molecule has 0 aliphatic carbocycles. The number of fused-ring (bicyclic) bond motifs is 1. The van der Waals surface area contributed by atoms with E-state index in [-0.39, 0.29) is 16.8 Å². The molecule has 0 spiro atoms. The summed E-state index contributed by atoms with van der Waals surface area (Å²) in [5, 5.41) is 0.653. The average molecular weight is 522 g/mol. The SMILES string of the molecule is CC1CCCN(S(=O)(=O)c2ccc3c(c2)nc(SCc2ccc(F)cc2F)n3CC2CCCO2)C1. The number of hydrogen-bond donors (Lipinski definition) is 0. The first kappa shape index (κ1) is 24.7. The van der Waals surface area contributed by atoms with Crippen molar-refractivity contribution in [2.45, 2.75) is 61.1 Å². The van der Waals surface area contributed by atoms with Gasteiger partial charge in [-0.1, -0.05) is 24.8 Å². The van der Waals surface area contributed by atoms with Gasteiger partial charge in [0.1, 0.15) is 11.6 Å². The fraction of sp³-hybridized carbons (Fsp3) is 0.480. The van der Waals surface area contributed by atoms with Gasteiger partial charge in [0, 0.05) is 31.5 Å². The highest BCUT2D eigenvalue weighted by atomic mass is 32.2. The molecule has 1 aromatic heterocycles. The van der Waals surface area contributed by atoms with Gasteiger partial charge in [-0.2, -0.15) is 4.31 Å². The van der Waals surface area contributed by atoms with Crippen LogP contribution in [0, 0.1) is 17.6 Å². The minimum Gasteiger partial charge on any atom is -0.376 e. The van der Waals surface area contributed by atoms with E-state index in [0.717, 1.165) is 43.9 Å². The Morgan fingerprint density at radius 2 is 2.00 bits per heavy atom. The van der Waals surface area contributed by atoms with Gasteiger partial charge in [0.05, 0.1) is 28.6 Å². The van der Waals surface area contributed by atoms with Crippen LogP contribution in [0.5, 0.6) is 0 Å². The zero-order valence-corrected chi connectivity index (χ0v) is 21.3. The monoisotopic (exact) mass is 521 g/mol. The van der Waals surface area contributed by atoms with Crippen LogP contribution in [0.4, 0.5) is 8.78 Å². The van der Waals surface area contributed by atoms with Gasteiger partial charge in [-0.25, -0.2) is 22.2 Å². The fourth-order valence-corrected chi connectivity index (χ4v) is 7.45. The van der Waals surface area contributed by atoms with Crippen molar-refractivity contribution in [2.75, 3.05) is 19.7 Å². The third kappa shape index (κ3) is 5.26. The summed E-state index contributed by atoms with van der Waals surface area (Å²) in [6, 6.07) is 8.66. The first-order valence-electron chi connectivity index (χ1n) is 12.0. The minimum atomic E-state index is -3.61. The molecule has 10 heteroatoms. The fourth-order valence-electron chi connectivity index (χ4n) is 4.82. The number of thioether (sulfide) groups is 1. The molecule has 5 rings (SSSR count). The second kappa shape index (κ2) is 10.2. The molecular weight excluding hydrogens is 492 g/mol. The van der Waals surface area contributed by atoms with Gasteiger partial charge >= 0.3 is 0 Å². The zero-order valence-electron chi connectivity index (χ0n) is 19.6. The molecule has 6 nitrogen and oxygen atoms in total. The van der Waals surface area contributed by atoms with Crippen molar-refractivity contribution < 1.29 is 21.9 Å². The van der Waals surface area contributed by atoms with Gasteiger partial charge in [-0.05, 0) is 61.4 Å². The van der Waals surface area contributed by atoms with Crippen LogP contribution in [0.25, 0.3) is 11.0 Å². The standard InChI is InChI=1S/C25H29F2N3O3S2/c1-17-4-2-10-29(14-17)35(31,32)21-8-9-24-23(13-21)28-25(30(24)15-20-5-3-11-33-20)34-16-18-6-7-19(26)12-22(18)27/h6-9,12-13,17,20H,2-5,10-11,14-16H2,1H3. The number of nitrogens with zero attached hydrogens (tertiary/aromatic N) is 3. The van der Waals surface area contributed by atoms with E-state index in [0.29, 0.717) is 41.8 Å². The predicted octanol–water partition coefficient (Wildman–Crippen LogP) is 5.21. The van der Waals surface area contributed by atoms with Crippen LogP contribution in [0.15, 0.2) is 46.5 Å². The highest BCUT2D eigenvalue weighted by Crippen LogP contribution is 2.32. The molecule has 35 heavy (non-hydrogen) atoms. The maximum atomic E-state index is 14.2. The number of ether oxygens (including phenoxy) is 1. The number of aromatic nitrogens is 2. The Morgan fingerprint density at radius 3 is 2.74 bits per heavy atom. The summed E-state index contributed by atoms with van der Waals surface area (Å²) < 4.78 is 63.6. The van der Waals surface area contributed by atoms with Crippen molar-refractivity contribution in [3.05, 3.63) is 53.6 Å². The van der Waals surface area contributed by atoms with Gasteiger partial charge in [0.15, 0.2) is 5.16 Å². The van der Waals surface area contributed by atoms with E-state index in [9.17, 15) is 17.2 Å². The Balaban J connectivity index is 1.47. The van der Waals surface area contributed by atoms with E-state index in [1.165, 1.54) is 23.9 Å². The summed E-state index contributed by atoms with van der Waals surface area (Å²) in [7, 11) is -3.61. The molecule has 2 atom stereocenters. The van der Waals surface area contributed by atoms with Crippen LogP contribution in [0.2, 0.25) is 0 Å². The second-order valence-electron chi connectivity index (χ2n) is 9.43. The Morgan fingerprint density at radius 1 is 1.14 bits per heavy atom. The summed E-state index contributed by atoms with van der Waals surface area (Å²) >= 11 is 1.34. The number of sulfonamides is 1. The summed E-state index contributed by atoms with van der Waals surface area (Å²) in [5.74, 6) is -0.595. The van der Waals surface area contributed by atoms with Crippen LogP contribution in [-0.2, 0) is 27.1 Å². The lowest BCUT2D eigenvalue weighted by Gasteiger charge is -2.30. The van der Waals surface area contributed by atoms with Crippen molar-refractivity contribution in [1.29, 1.82) is 0 Å². The molecule has 0 amide bonds. The van der Waals surface area contributed by atoms with Gasteiger partial charge in [0.2, 0.25) is 10.0 Å². The van der Waals surface area contributed by atoms with Crippen LogP contribution in [-0.4, -0.2) is 48.1 Å². The largest absolute Gasteiger partial charge is 0.376 e. The maximum Gasteiger partial charge on any atom is 0.243 e. The number of piperidine rings is 1. The Labute approximate surface area is 208 Å². The lowest BCUT2D eigenvalue weighted by Crippen LogP contribution is -2.39. The van der Waals surface area contributed by atoms with Gasteiger partial charge in [-0.15, -0.1) is 0 Å². The minimum absolute atomic E-state index is 0.0487. The third-order valence-electron chi connectivity index (χ3n) is 6.72. The molecular formula is C25H29F2N3O3S2. The van der Waals surface area contributed by atoms with Crippen molar-refractivity contribution in [3.63, 3.8) is 0 Å². The first-order valence-corrected chi connectivity index (χ1v) is 14.4. The normalized spacial score (nSPS) is 21.7. The smallest absolute Gasteiger partial charge is 0.243 e. The molecule has 2 aliphatic rings. The Hall–Kier alpha value is -2.01. The van der Waals surface area contributed by atoms with Gasteiger partial charge < -0.3 is 9.30 Å². The summed E-state index contributed by atoms with van der Waals surface area (Å²) in [4.78, 5) is 4.98. The van der Waals surface area contributed by atoms with Crippen molar-refractivity contribution >= 4 is 32.8 Å². The van der Waals surface area contributed by atoms with E-state index < -0.39 is 21.7 Å². The number of imidazole rings is 1. The molecule has 2 saturated heterocycles. The van der Waals surface area contributed by atoms with Crippen LogP contribution in [0.3, 0.4) is 0 Å². The van der Waals surface area contributed by atoms with E-state index in [2.05, 4.69) is 6.92 Å². The van der Waals surface area contributed by atoms with Gasteiger partial charge in [0.25, 0.3) is 0 Å². The molecule has 2 aromatic carbocycles. The van der Waals surface area contributed by atoms with E-state index in [4.69, 9.17) is 9.72 Å². The van der Waals surface area contributed by atoms with Crippen molar-refractivity contribution in [1.82, 2.24) is 13.9 Å².